The highest BCUT2D eigenvalue weighted by molar-refractivity contribution is 7.99. The third kappa shape index (κ3) is 2.92. The van der Waals surface area contributed by atoms with Crippen molar-refractivity contribution in [3.05, 3.63) is 36.8 Å². The van der Waals surface area contributed by atoms with Crippen LogP contribution in [0.25, 0.3) is 0 Å². The molecule has 2 N–H and O–H groups in total. The molecule has 0 aliphatic heterocycles. The summed E-state index contributed by atoms with van der Waals surface area (Å²) in [6.45, 7) is 0. The molecule has 0 fully saturated rings. The van der Waals surface area contributed by atoms with Crippen LogP contribution in [0.3, 0.4) is 0 Å². The molecule has 2 rings (SSSR count). The van der Waals surface area contributed by atoms with Crippen LogP contribution in [0, 0.1) is 0 Å². The van der Waals surface area contributed by atoms with Crippen molar-refractivity contribution < 1.29 is 8.42 Å². The molecule has 8 heteroatoms. The average Bonchev–Trinajstić information content (AvgIpc) is 2.42. The number of nitrogens with zero attached hydrogens (tertiary/aromatic N) is 3. The highest BCUT2D eigenvalue weighted by atomic mass is 32.2. The largest absolute Gasteiger partial charge is 0.397 e. The highest BCUT2D eigenvalue weighted by Crippen LogP contribution is 2.34. The van der Waals surface area contributed by atoms with Crippen molar-refractivity contribution in [2.75, 3.05) is 19.8 Å². The molecular formula is C12H14N4O2S2. The monoisotopic (exact) mass is 310 g/mol. The molecule has 0 spiro atoms. The minimum Gasteiger partial charge on any atom is -0.397 e. The van der Waals surface area contributed by atoms with Crippen LogP contribution in [0.2, 0.25) is 0 Å². The number of hydrogen-bond donors (Lipinski definition) is 1. The van der Waals surface area contributed by atoms with Gasteiger partial charge in [-0.15, -0.1) is 0 Å². The maximum Gasteiger partial charge on any atom is 0.244 e. The number of hydrogen-bond acceptors (Lipinski definition) is 6. The second-order valence-electron chi connectivity index (χ2n) is 4.10. The molecule has 0 bridgehead atoms. The molecule has 0 unspecified atom stereocenters. The highest BCUT2D eigenvalue weighted by Gasteiger charge is 2.22. The normalized spacial score (nSPS) is 11.8. The van der Waals surface area contributed by atoms with Gasteiger partial charge in [-0.05, 0) is 12.1 Å². The first kappa shape index (κ1) is 14.8. The lowest BCUT2D eigenvalue weighted by Gasteiger charge is -2.15. The molecule has 0 aliphatic rings. The number of nitrogen functional groups attached to an aromatic ring is 1. The molecule has 0 amide bonds. The summed E-state index contributed by atoms with van der Waals surface area (Å²) in [6, 6.07) is 4.90. The van der Waals surface area contributed by atoms with Gasteiger partial charge >= 0.3 is 0 Å². The van der Waals surface area contributed by atoms with Crippen molar-refractivity contribution in [1.29, 1.82) is 0 Å². The van der Waals surface area contributed by atoms with Crippen LogP contribution in [0.4, 0.5) is 5.69 Å². The molecular weight excluding hydrogens is 296 g/mol. The van der Waals surface area contributed by atoms with E-state index in [-0.39, 0.29) is 10.6 Å². The smallest absolute Gasteiger partial charge is 0.244 e. The van der Waals surface area contributed by atoms with E-state index in [4.69, 9.17) is 5.73 Å². The fourth-order valence-electron chi connectivity index (χ4n) is 1.49. The minimum absolute atomic E-state index is 0.0939. The Balaban J connectivity index is 2.43. The fraction of sp³-hybridized carbons (Fsp3) is 0.167. The zero-order chi connectivity index (χ0) is 14.8. The van der Waals surface area contributed by atoms with Gasteiger partial charge in [-0.2, -0.15) is 0 Å². The summed E-state index contributed by atoms with van der Waals surface area (Å²) in [7, 11) is -0.624. The summed E-state index contributed by atoms with van der Waals surface area (Å²) >= 11 is 1.27. The number of para-hydroxylation sites is 1. The van der Waals surface area contributed by atoms with Crippen LogP contribution in [-0.2, 0) is 10.0 Å². The summed E-state index contributed by atoms with van der Waals surface area (Å²) in [4.78, 5) is 8.81. The Morgan fingerprint density at radius 1 is 1.25 bits per heavy atom. The summed E-state index contributed by atoms with van der Waals surface area (Å²) in [6.07, 6.45) is 4.73. The van der Waals surface area contributed by atoms with Crippen molar-refractivity contribution in [2.45, 2.75) is 14.8 Å². The number of anilines is 1. The lowest BCUT2D eigenvalue weighted by Crippen LogP contribution is -2.23. The van der Waals surface area contributed by atoms with Gasteiger partial charge in [0.05, 0.1) is 11.9 Å². The summed E-state index contributed by atoms with van der Waals surface area (Å²) in [5.41, 5.74) is 6.20. The molecule has 1 aromatic heterocycles. The van der Waals surface area contributed by atoms with E-state index in [0.29, 0.717) is 9.92 Å². The van der Waals surface area contributed by atoms with Crippen LogP contribution < -0.4 is 5.73 Å². The van der Waals surface area contributed by atoms with Crippen molar-refractivity contribution >= 4 is 27.5 Å². The molecule has 0 aliphatic carbocycles. The molecule has 106 valence electrons. The van der Waals surface area contributed by atoms with E-state index in [0.717, 1.165) is 4.31 Å². The van der Waals surface area contributed by atoms with Crippen LogP contribution in [-0.4, -0.2) is 36.8 Å². The Labute approximate surface area is 122 Å². The van der Waals surface area contributed by atoms with Gasteiger partial charge < -0.3 is 5.73 Å². The third-order valence-electron chi connectivity index (χ3n) is 2.54. The first-order valence-electron chi connectivity index (χ1n) is 5.68. The van der Waals surface area contributed by atoms with Gasteiger partial charge in [0, 0.05) is 31.4 Å². The van der Waals surface area contributed by atoms with Crippen molar-refractivity contribution in [3.8, 4) is 0 Å². The second-order valence-corrected chi connectivity index (χ2v) is 7.28. The van der Waals surface area contributed by atoms with Gasteiger partial charge in [0.1, 0.15) is 9.92 Å². The van der Waals surface area contributed by atoms with Gasteiger partial charge in [-0.25, -0.2) is 17.7 Å². The topological polar surface area (TPSA) is 89.2 Å². The SMILES string of the molecule is CN(C)S(=O)(=O)c1cccc(Sc2cnccn2)c1N. The van der Waals surface area contributed by atoms with Gasteiger partial charge in [-0.3, -0.25) is 4.98 Å². The summed E-state index contributed by atoms with van der Waals surface area (Å²) < 4.78 is 25.5. The van der Waals surface area contributed by atoms with Crippen LogP contribution in [0.15, 0.2) is 51.6 Å². The number of rotatable bonds is 4. The molecule has 1 heterocycles. The maximum absolute atomic E-state index is 12.2. The zero-order valence-electron chi connectivity index (χ0n) is 11.0. The maximum atomic E-state index is 12.2. The van der Waals surface area contributed by atoms with E-state index in [9.17, 15) is 8.42 Å². The first-order chi connectivity index (χ1) is 9.43. The Morgan fingerprint density at radius 2 is 2.00 bits per heavy atom. The Morgan fingerprint density at radius 3 is 2.60 bits per heavy atom. The number of nitrogens with two attached hydrogens (primary N) is 1. The van der Waals surface area contributed by atoms with E-state index >= 15 is 0 Å². The van der Waals surface area contributed by atoms with Crippen molar-refractivity contribution in [3.63, 3.8) is 0 Å². The van der Waals surface area contributed by atoms with Crippen LogP contribution in [0.1, 0.15) is 0 Å². The van der Waals surface area contributed by atoms with E-state index in [2.05, 4.69) is 9.97 Å². The predicted octanol–water partition coefficient (Wildman–Crippen LogP) is 1.46. The minimum atomic E-state index is -3.56. The summed E-state index contributed by atoms with van der Waals surface area (Å²) in [5, 5.41) is 0.651. The van der Waals surface area contributed by atoms with E-state index in [1.165, 1.54) is 31.9 Å². The molecule has 2 aromatic rings. The van der Waals surface area contributed by atoms with Gasteiger partial charge in [0.2, 0.25) is 10.0 Å². The van der Waals surface area contributed by atoms with Crippen molar-refractivity contribution in [1.82, 2.24) is 14.3 Å². The standard InChI is InChI=1S/C12H14N4O2S2/c1-16(2)20(17,18)10-5-3-4-9(12(10)13)19-11-8-14-6-7-15-11/h3-8H,13H2,1-2H3. The quantitative estimate of drug-likeness (QED) is 0.860. The Bertz CT molecular complexity index is 703. The molecule has 0 saturated heterocycles. The van der Waals surface area contributed by atoms with E-state index in [1.807, 2.05) is 0 Å². The molecule has 1 aromatic carbocycles. The Kier molecular flexibility index (Phi) is 4.26. The number of benzene rings is 1. The predicted molar refractivity (Wildman–Crippen MR) is 77.9 cm³/mol. The first-order valence-corrected chi connectivity index (χ1v) is 7.93. The molecule has 6 nitrogen and oxygen atoms in total. The third-order valence-corrected chi connectivity index (χ3v) is 5.41. The van der Waals surface area contributed by atoms with Crippen LogP contribution in [0.5, 0.6) is 0 Å². The van der Waals surface area contributed by atoms with E-state index < -0.39 is 10.0 Å². The molecule has 0 atom stereocenters. The molecule has 0 radical (unpaired) electrons. The van der Waals surface area contributed by atoms with Crippen molar-refractivity contribution in [2.24, 2.45) is 0 Å². The Hall–Kier alpha value is -1.64. The summed E-state index contributed by atoms with van der Waals surface area (Å²) in [5.74, 6) is 0. The van der Waals surface area contributed by atoms with Gasteiger partial charge in [0.25, 0.3) is 0 Å². The molecule has 0 saturated carbocycles. The zero-order valence-corrected chi connectivity index (χ0v) is 12.6. The fourth-order valence-corrected chi connectivity index (χ4v) is 3.40. The van der Waals surface area contributed by atoms with Gasteiger partial charge in [-0.1, -0.05) is 17.8 Å². The molecule has 20 heavy (non-hydrogen) atoms. The number of sulfonamides is 1. The number of aromatic nitrogens is 2. The average molecular weight is 310 g/mol. The lowest BCUT2D eigenvalue weighted by atomic mass is 10.3. The lowest BCUT2D eigenvalue weighted by molar-refractivity contribution is 0.521. The van der Waals surface area contributed by atoms with E-state index in [1.54, 1.807) is 30.7 Å². The second kappa shape index (κ2) is 5.78. The van der Waals surface area contributed by atoms with Crippen LogP contribution >= 0.6 is 11.8 Å². The van der Waals surface area contributed by atoms with Gasteiger partial charge in [0.15, 0.2) is 0 Å².